The van der Waals surface area contributed by atoms with E-state index in [9.17, 15) is 14.7 Å². The summed E-state index contributed by atoms with van der Waals surface area (Å²) in [4.78, 5) is 36.0. The maximum atomic E-state index is 13.7. The zero-order valence-corrected chi connectivity index (χ0v) is 26.3. The highest BCUT2D eigenvalue weighted by molar-refractivity contribution is 7.18. The molecule has 4 N–H and O–H groups in total. The highest BCUT2D eigenvalue weighted by atomic mass is 32.1. The topological polar surface area (TPSA) is 119 Å². The highest BCUT2D eigenvalue weighted by Gasteiger charge is 2.30. The van der Waals surface area contributed by atoms with E-state index in [0.717, 1.165) is 54.2 Å². The highest BCUT2D eigenvalue weighted by Crippen LogP contribution is 2.27. The molecule has 2 unspecified atom stereocenters. The first kappa shape index (κ1) is 32.5. The van der Waals surface area contributed by atoms with Crippen LogP contribution in [0.4, 0.5) is 0 Å². The van der Waals surface area contributed by atoms with Gasteiger partial charge in [0.15, 0.2) is 0 Å². The Bertz CT molecular complexity index is 1200. The Labute approximate surface area is 253 Å². The second-order valence-electron chi connectivity index (χ2n) is 12.0. The average molecular weight is 601 g/mol. The summed E-state index contributed by atoms with van der Waals surface area (Å²) in [5, 5.41) is 20.2. The van der Waals surface area contributed by atoms with Crippen LogP contribution in [0.25, 0.3) is 10.2 Å². The molecule has 10 nitrogen and oxygen atoms in total. The van der Waals surface area contributed by atoms with Gasteiger partial charge < -0.3 is 25.4 Å². The lowest BCUT2D eigenvalue weighted by atomic mass is 9.91. The minimum Gasteiger partial charge on any atom is -0.381 e. The van der Waals surface area contributed by atoms with Crippen molar-refractivity contribution in [3.8, 4) is 0 Å². The predicted octanol–water partition coefficient (Wildman–Crippen LogP) is 2.09. The maximum absolute atomic E-state index is 13.7. The van der Waals surface area contributed by atoms with Gasteiger partial charge in [0.1, 0.15) is 6.23 Å². The van der Waals surface area contributed by atoms with Crippen LogP contribution in [0.2, 0.25) is 0 Å². The number of fused-ring (bicyclic) bond motifs is 1. The van der Waals surface area contributed by atoms with E-state index in [4.69, 9.17) is 9.72 Å². The van der Waals surface area contributed by atoms with Gasteiger partial charge in [-0.1, -0.05) is 26.5 Å². The Morgan fingerprint density at radius 3 is 2.55 bits per heavy atom. The van der Waals surface area contributed by atoms with Gasteiger partial charge >= 0.3 is 0 Å². The lowest BCUT2D eigenvalue weighted by molar-refractivity contribution is -0.126. The number of nitrogens with one attached hydrogen (secondary N) is 3. The van der Waals surface area contributed by atoms with Crippen molar-refractivity contribution >= 4 is 33.4 Å². The SMILES string of the molecule is C=C(CN1CCN(C)CC1)C(=O)NCC(NC(=O)[C@H](Cc1nc2ccc(C(C)C)cc2s1)NC(C)O)C1CCOCC1. The van der Waals surface area contributed by atoms with Gasteiger partial charge in [0.05, 0.1) is 21.3 Å². The first-order chi connectivity index (χ1) is 20.1. The van der Waals surface area contributed by atoms with Crippen LogP contribution >= 0.6 is 11.3 Å². The van der Waals surface area contributed by atoms with Gasteiger partial charge in [0.2, 0.25) is 11.8 Å². The molecule has 0 saturated carbocycles. The first-order valence-electron chi connectivity index (χ1n) is 15.2. The summed E-state index contributed by atoms with van der Waals surface area (Å²) in [7, 11) is 2.10. The monoisotopic (exact) mass is 600 g/mol. The van der Waals surface area contributed by atoms with Crippen molar-refractivity contribution in [1.29, 1.82) is 0 Å². The number of aliphatic hydroxyl groups excluding tert-OH is 1. The number of hydrogen-bond donors (Lipinski definition) is 4. The molecule has 0 spiro atoms. The summed E-state index contributed by atoms with van der Waals surface area (Å²) in [5.41, 5.74) is 2.69. The lowest BCUT2D eigenvalue weighted by Gasteiger charge is -2.33. The molecule has 0 radical (unpaired) electrons. The summed E-state index contributed by atoms with van der Waals surface area (Å²) < 4.78 is 6.66. The minimum absolute atomic E-state index is 0.165. The number of likely N-dealkylation sites (N-methyl/N-ethyl adjacent to an activating group) is 1. The normalized spacial score (nSPS) is 19.5. The third kappa shape index (κ3) is 9.29. The number of benzene rings is 1. The molecule has 3 heterocycles. The Balaban J connectivity index is 1.41. The van der Waals surface area contributed by atoms with Gasteiger partial charge in [-0.25, -0.2) is 4.98 Å². The van der Waals surface area contributed by atoms with E-state index < -0.39 is 12.3 Å². The van der Waals surface area contributed by atoms with E-state index in [1.54, 1.807) is 18.3 Å². The van der Waals surface area contributed by atoms with E-state index in [2.05, 4.69) is 65.4 Å². The third-order valence-electron chi connectivity index (χ3n) is 8.24. The molecule has 4 rings (SSSR count). The summed E-state index contributed by atoms with van der Waals surface area (Å²) in [6.07, 6.45) is 1.07. The molecule has 42 heavy (non-hydrogen) atoms. The Kier molecular flexibility index (Phi) is 11.9. The molecule has 1 aromatic heterocycles. The molecular weight excluding hydrogens is 552 g/mol. The Hall–Kier alpha value is -2.41. The molecule has 2 saturated heterocycles. The van der Waals surface area contributed by atoms with Crippen molar-refractivity contribution in [2.75, 3.05) is 59.5 Å². The number of piperazine rings is 1. The van der Waals surface area contributed by atoms with Crippen molar-refractivity contribution in [2.24, 2.45) is 5.92 Å². The van der Waals surface area contributed by atoms with Crippen LogP contribution in [0.1, 0.15) is 50.1 Å². The number of thiazole rings is 1. The van der Waals surface area contributed by atoms with Crippen LogP contribution in [0.5, 0.6) is 0 Å². The number of rotatable bonds is 13. The largest absolute Gasteiger partial charge is 0.381 e. The summed E-state index contributed by atoms with van der Waals surface area (Å²) in [6, 6.07) is 5.34. The fourth-order valence-electron chi connectivity index (χ4n) is 5.54. The zero-order chi connectivity index (χ0) is 30.2. The first-order valence-corrected chi connectivity index (χ1v) is 16.0. The molecule has 2 amide bonds. The lowest BCUT2D eigenvalue weighted by Crippen LogP contribution is -2.56. The van der Waals surface area contributed by atoms with Gasteiger partial charge in [0, 0.05) is 70.5 Å². The zero-order valence-electron chi connectivity index (χ0n) is 25.5. The van der Waals surface area contributed by atoms with Crippen molar-refractivity contribution < 1.29 is 19.4 Å². The number of aliphatic hydroxyl groups is 1. The maximum Gasteiger partial charge on any atom is 0.247 e. The predicted molar refractivity (Wildman–Crippen MR) is 168 cm³/mol. The fraction of sp³-hybridized carbons (Fsp3) is 0.645. The van der Waals surface area contributed by atoms with Crippen LogP contribution in [-0.2, 0) is 20.7 Å². The molecule has 11 heteroatoms. The number of amides is 2. The molecule has 0 bridgehead atoms. The standard InChI is InChI=1S/C31H48N6O4S/c1-20(2)24-6-7-25-28(16-24)42-29(34-25)17-26(33-22(4)38)31(40)35-27(23-8-14-41-15-9-23)18-32-30(39)21(3)19-37-12-10-36(5)11-13-37/h6-7,16,20,22-23,26-27,33,38H,3,8-15,17-19H2,1-2,4-5H3,(H,32,39)(H,35,40)/t22?,26-,27?/m0/s1. The van der Waals surface area contributed by atoms with Crippen molar-refractivity contribution in [1.82, 2.24) is 30.7 Å². The van der Waals surface area contributed by atoms with Gasteiger partial charge in [-0.2, -0.15) is 0 Å². The molecule has 3 atom stereocenters. The van der Waals surface area contributed by atoms with Crippen LogP contribution in [0.15, 0.2) is 30.4 Å². The van der Waals surface area contributed by atoms with Gasteiger partial charge in [0.25, 0.3) is 0 Å². The van der Waals surface area contributed by atoms with E-state index in [0.29, 0.717) is 44.2 Å². The Morgan fingerprint density at radius 2 is 1.88 bits per heavy atom. The second-order valence-corrected chi connectivity index (χ2v) is 13.2. The Morgan fingerprint density at radius 1 is 1.17 bits per heavy atom. The number of ether oxygens (including phenoxy) is 1. The quantitative estimate of drug-likeness (QED) is 0.204. The summed E-state index contributed by atoms with van der Waals surface area (Å²) >= 11 is 1.58. The molecule has 2 aromatic rings. The smallest absolute Gasteiger partial charge is 0.247 e. The van der Waals surface area contributed by atoms with Crippen molar-refractivity contribution in [2.45, 2.75) is 64.3 Å². The van der Waals surface area contributed by atoms with Crippen LogP contribution in [0.3, 0.4) is 0 Å². The van der Waals surface area contributed by atoms with Crippen molar-refractivity contribution in [3.63, 3.8) is 0 Å². The molecule has 232 valence electrons. The minimum atomic E-state index is -0.873. The molecular formula is C31H48N6O4S. The molecule has 2 fully saturated rings. The molecule has 1 aromatic carbocycles. The van der Waals surface area contributed by atoms with Crippen LogP contribution in [0, 0.1) is 5.92 Å². The molecule has 2 aliphatic rings. The number of carbonyl (C=O) groups is 2. The number of carbonyl (C=O) groups excluding carboxylic acids is 2. The van der Waals surface area contributed by atoms with Crippen LogP contribution in [-0.4, -0.2) is 110 Å². The summed E-state index contributed by atoms with van der Waals surface area (Å²) in [5.74, 6) is 0.175. The van der Waals surface area contributed by atoms with E-state index >= 15 is 0 Å². The van der Waals surface area contributed by atoms with Gasteiger partial charge in [-0.15, -0.1) is 11.3 Å². The summed E-state index contributed by atoms with van der Waals surface area (Å²) in [6.45, 7) is 15.8. The number of aromatic nitrogens is 1. The number of nitrogens with zero attached hydrogens (tertiary/aromatic N) is 3. The van der Waals surface area contributed by atoms with Crippen LogP contribution < -0.4 is 16.0 Å². The molecule has 0 aliphatic carbocycles. The van der Waals surface area contributed by atoms with E-state index in [1.807, 2.05) is 6.07 Å². The number of hydrogen-bond acceptors (Lipinski definition) is 9. The van der Waals surface area contributed by atoms with E-state index in [1.165, 1.54) is 5.56 Å². The van der Waals surface area contributed by atoms with Gasteiger partial charge in [-0.3, -0.25) is 19.8 Å². The average Bonchev–Trinajstić information content (AvgIpc) is 3.37. The fourth-order valence-corrected chi connectivity index (χ4v) is 6.60. The molecule has 2 aliphatic heterocycles. The van der Waals surface area contributed by atoms with Crippen molar-refractivity contribution in [3.05, 3.63) is 40.9 Å². The second kappa shape index (κ2) is 15.4. The van der Waals surface area contributed by atoms with Gasteiger partial charge in [-0.05, 0) is 56.3 Å². The van der Waals surface area contributed by atoms with E-state index in [-0.39, 0.29) is 23.8 Å². The third-order valence-corrected chi connectivity index (χ3v) is 9.28.